The van der Waals surface area contributed by atoms with Crippen molar-refractivity contribution in [2.45, 2.75) is 26.7 Å². The predicted octanol–water partition coefficient (Wildman–Crippen LogP) is 0.937. The van der Waals surface area contributed by atoms with Crippen LogP contribution in [0.5, 0.6) is 0 Å². The van der Waals surface area contributed by atoms with E-state index in [1.54, 1.807) is 4.90 Å². The largest absolute Gasteiger partial charge is 0.355 e. The minimum atomic E-state index is -0.155. The van der Waals surface area contributed by atoms with E-state index >= 15 is 0 Å². The van der Waals surface area contributed by atoms with Crippen molar-refractivity contribution in [2.24, 2.45) is 5.92 Å². The van der Waals surface area contributed by atoms with E-state index in [-0.39, 0.29) is 17.7 Å². The highest BCUT2D eigenvalue weighted by Gasteiger charge is 2.32. The van der Waals surface area contributed by atoms with Crippen LogP contribution in [0.25, 0.3) is 0 Å². The van der Waals surface area contributed by atoms with E-state index < -0.39 is 0 Å². The maximum absolute atomic E-state index is 11.7. The molecule has 0 aromatic carbocycles. The first-order valence-corrected chi connectivity index (χ1v) is 5.85. The summed E-state index contributed by atoms with van der Waals surface area (Å²) in [5.41, 5.74) is 0. The summed E-state index contributed by atoms with van der Waals surface area (Å²) in [7, 11) is 0. The fourth-order valence-corrected chi connectivity index (χ4v) is 1.84. The Balaban J connectivity index is 2.30. The summed E-state index contributed by atoms with van der Waals surface area (Å²) in [6.07, 6.45) is 5.19. The lowest BCUT2D eigenvalue weighted by Gasteiger charge is -2.13. The standard InChI is InChI=1S/C12H20N2O2/c1-3-5-6-7-13-12(16)10-8-11(15)14(4-2)9-10/h3,5,10H,4,6-9H2,1-2H3,(H,13,16)/b5-3+. The predicted molar refractivity (Wildman–Crippen MR) is 62.8 cm³/mol. The second-order valence-electron chi connectivity index (χ2n) is 3.98. The van der Waals surface area contributed by atoms with Crippen molar-refractivity contribution >= 4 is 11.8 Å². The van der Waals surface area contributed by atoms with Crippen LogP contribution >= 0.6 is 0 Å². The number of amides is 2. The molecule has 1 N–H and O–H groups in total. The van der Waals surface area contributed by atoms with Crippen LogP contribution in [0.15, 0.2) is 12.2 Å². The first kappa shape index (κ1) is 12.7. The van der Waals surface area contributed by atoms with Crippen molar-refractivity contribution in [2.75, 3.05) is 19.6 Å². The molecule has 1 aliphatic heterocycles. The van der Waals surface area contributed by atoms with Crippen LogP contribution in [0.1, 0.15) is 26.7 Å². The molecule has 1 atom stereocenters. The number of nitrogens with zero attached hydrogens (tertiary/aromatic N) is 1. The average Bonchev–Trinajstić information content (AvgIpc) is 2.66. The van der Waals surface area contributed by atoms with Gasteiger partial charge in [0.05, 0.1) is 5.92 Å². The molecule has 0 spiro atoms. The Morgan fingerprint density at radius 2 is 2.38 bits per heavy atom. The van der Waals surface area contributed by atoms with Crippen molar-refractivity contribution in [3.05, 3.63) is 12.2 Å². The third-order valence-corrected chi connectivity index (χ3v) is 2.81. The maximum Gasteiger partial charge on any atom is 0.225 e. The van der Waals surface area contributed by atoms with Gasteiger partial charge in [-0.1, -0.05) is 12.2 Å². The quantitative estimate of drug-likeness (QED) is 0.558. The summed E-state index contributed by atoms with van der Waals surface area (Å²) in [6, 6.07) is 0. The third-order valence-electron chi connectivity index (χ3n) is 2.81. The monoisotopic (exact) mass is 224 g/mol. The molecule has 4 nitrogen and oxygen atoms in total. The molecule has 0 aliphatic carbocycles. The van der Waals surface area contributed by atoms with Gasteiger partial charge in [-0.15, -0.1) is 0 Å². The minimum Gasteiger partial charge on any atom is -0.355 e. The van der Waals surface area contributed by atoms with Crippen molar-refractivity contribution < 1.29 is 9.59 Å². The molecule has 1 aliphatic rings. The Hall–Kier alpha value is -1.32. The van der Waals surface area contributed by atoms with E-state index in [1.807, 2.05) is 26.0 Å². The van der Waals surface area contributed by atoms with Crippen LogP contribution in [-0.2, 0) is 9.59 Å². The van der Waals surface area contributed by atoms with Crippen molar-refractivity contribution in [3.63, 3.8) is 0 Å². The van der Waals surface area contributed by atoms with Gasteiger partial charge in [-0.2, -0.15) is 0 Å². The number of allylic oxidation sites excluding steroid dienone is 1. The normalized spacial score (nSPS) is 20.8. The first-order chi connectivity index (χ1) is 7.69. The smallest absolute Gasteiger partial charge is 0.225 e. The zero-order chi connectivity index (χ0) is 12.0. The second kappa shape index (κ2) is 6.30. The zero-order valence-corrected chi connectivity index (χ0v) is 10.0. The van der Waals surface area contributed by atoms with E-state index in [2.05, 4.69) is 5.32 Å². The lowest BCUT2D eigenvalue weighted by molar-refractivity contribution is -0.128. The molecule has 0 aromatic rings. The van der Waals surface area contributed by atoms with E-state index in [4.69, 9.17) is 0 Å². The highest BCUT2D eigenvalue weighted by molar-refractivity contribution is 5.89. The van der Waals surface area contributed by atoms with Gasteiger partial charge in [-0.05, 0) is 20.3 Å². The van der Waals surface area contributed by atoms with Gasteiger partial charge in [0.1, 0.15) is 0 Å². The number of hydrogen-bond donors (Lipinski definition) is 1. The minimum absolute atomic E-state index is 0.00815. The van der Waals surface area contributed by atoms with Crippen molar-refractivity contribution in [1.29, 1.82) is 0 Å². The molecule has 90 valence electrons. The van der Waals surface area contributed by atoms with Crippen LogP contribution < -0.4 is 5.32 Å². The maximum atomic E-state index is 11.7. The Labute approximate surface area is 96.7 Å². The van der Waals surface area contributed by atoms with Crippen molar-refractivity contribution in [1.82, 2.24) is 10.2 Å². The van der Waals surface area contributed by atoms with Crippen LogP contribution in [0.3, 0.4) is 0 Å². The lowest BCUT2D eigenvalue weighted by atomic mass is 10.1. The van der Waals surface area contributed by atoms with E-state index in [0.717, 1.165) is 6.42 Å². The molecule has 1 rings (SSSR count). The molecule has 2 amide bonds. The molecule has 0 saturated carbocycles. The Morgan fingerprint density at radius 1 is 1.62 bits per heavy atom. The summed E-state index contributed by atoms with van der Waals surface area (Å²) in [5.74, 6) is -0.0528. The summed E-state index contributed by atoms with van der Waals surface area (Å²) in [5, 5.41) is 2.86. The lowest BCUT2D eigenvalue weighted by Crippen LogP contribution is -2.33. The van der Waals surface area contributed by atoms with Crippen molar-refractivity contribution in [3.8, 4) is 0 Å². The SMILES string of the molecule is C/C=C/CCNC(=O)C1CC(=O)N(CC)C1. The number of rotatable bonds is 5. The summed E-state index contributed by atoms with van der Waals surface area (Å²) in [4.78, 5) is 24.9. The van der Waals surface area contributed by atoms with Crippen LogP contribution in [0, 0.1) is 5.92 Å². The second-order valence-corrected chi connectivity index (χ2v) is 3.98. The van der Waals surface area contributed by atoms with Gasteiger partial charge in [0.15, 0.2) is 0 Å². The average molecular weight is 224 g/mol. The van der Waals surface area contributed by atoms with Gasteiger partial charge >= 0.3 is 0 Å². The molecule has 0 radical (unpaired) electrons. The number of likely N-dealkylation sites (tertiary alicyclic amines) is 1. The molecule has 1 fully saturated rings. The highest BCUT2D eigenvalue weighted by atomic mass is 16.2. The topological polar surface area (TPSA) is 49.4 Å². The molecule has 4 heteroatoms. The van der Waals surface area contributed by atoms with Gasteiger partial charge in [0, 0.05) is 26.1 Å². The molecule has 16 heavy (non-hydrogen) atoms. The van der Waals surface area contributed by atoms with Gasteiger partial charge in [0.2, 0.25) is 11.8 Å². The van der Waals surface area contributed by atoms with E-state index in [1.165, 1.54) is 0 Å². The summed E-state index contributed by atoms with van der Waals surface area (Å²) < 4.78 is 0. The zero-order valence-electron chi connectivity index (χ0n) is 10.0. The molecule has 1 saturated heterocycles. The number of carbonyl (C=O) groups is 2. The Morgan fingerprint density at radius 3 is 2.94 bits per heavy atom. The van der Waals surface area contributed by atoms with E-state index in [9.17, 15) is 9.59 Å². The fourth-order valence-electron chi connectivity index (χ4n) is 1.84. The summed E-state index contributed by atoms with van der Waals surface area (Å²) >= 11 is 0. The van der Waals surface area contributed by atoms with Crippen LogP contribution in [0.4, 0.5) is 0 Å². The Kier molecular flexibility index (Phi) is 5.02. The molecule has 0 bridgehead atoms. The molecule has 0 aromatic heterocycles. The Bertz CT molecular complexity index is 287. The third kappa shape index (κ3) is 3.36. The molecular formula is C12H20N2O2. The molecule has 1 unspecified atom stereocenters. The van der Waals surface area contributed by atoms with Gasteiger partial charge in [0.25, 0.3) is 0 Å². The molecular weight excluding hydrogens is 204 g/mol. The van der Waals surface area contributed by atoms with Gasteiger partial charge < -0.3 is 10.2 Å². The van der Waals surface area contributed by atoms with Gasteiger partial charge in [-0.25, -0.2) is 0 Å². The summed E-state index contributed by atoms with van der Waals surface area (Å²) in [6.45, 7) is 5.81. The van der Waals surface area contributed by atoms with E-state index in [0.29, 0.717) is 26.1 Å². The van der Waals surface area contributed by atoms with Gasteiger partial charge in [-0.3, -0.25) is 9.59 Å². The number of carbonyl (C=O) groups excluding carboxylic acids is 2. The van der Waals surface area contributed by atoms with Crippen LogP contribution in [-0.4, -0.2) is 36.3 Å². The fraction of sp³-hybridized carbons (Fsp3) is 0.667. The highest BCUT2D eigenvalue weighted by Crippen LogP contribution is 2.17. The van der Waals surface area contributed by atoms with Crippen LogP contribution in [0.2, 0.25) is 0 Å². The molecule has 1 heterocycles. The number of hydrogen-bond acceptors (Lipinski definition) is 2. The number of nitrogens with one attached hydrogen (secondary N) is 1. The first-order valence-electron chi connectivity index (χ1n) is 5.85.